The van der Waals surface area contributed by atoms with E-state index < -0.39 is 0 Å². The first kappa shape index (κ1) is 29.4. The number of aromatic nitrogens is 4. The average Bonchev–Trinajstić information content (AvgIpc) is 3.70. The van der Waals surface area contributed by atoms with Crippen molar-refractivity contribution in [2.75, 3.05) is 0 Å². The van der Waals surface area contributed by atoms with Crippen LogP contribution in [0.1, 0.15) is 0 Å². The summed E-state index contributed by atoms with van der Waals surface area (Å²) >= 11 is 0. The topological polar surface area (TPSA) is 56.7 Å². The van der Waals surface area contributed by atoms with Crippen molar-refractivity contribution < 1.29 is 4.42 Å². The van der Waals surface area contributed by atoms with E-state index in [1.54, 1.807) is 0 Å². The van der Waals surface area contributed by atoms with Crippen LogP contribution in [0.3, 0.4) is 0 Å². The first-order valence-corrected chi connectivity index (χ1v) is 16.7. The fourth-order valence-corrected chi connectivity index (χ4v) is 7.55. The summed E-state index contributed by atoms with van der Waals surface area (Å²) in [6.07, 6.45) is 0. The maximum atomic E-state index is 6.71. The lowest BCUT2D eigenvalue weighted by molar-refractivity contribution is 0.669. The molecule has 0 saturated heterocycles. The van der Waals surface area contributed by atoms with Crippen LogP contribution in [0.15, 0.2) is 120 Å². The standard InChI is InChI=1S/C39H29B5N4O/c40-31-30(32(41)34(43)35(44)33(31)42)38-45-37(46-39(47-38)48-26-17-6-4-12-22(26)23-13-5-7-18-27(23)48)25-16-8-15-24-29-21(20-10-2-1-3-11-20)14-9-19-28(29)49-36(24)25/h1-19H,40-44H2. The molecule has 0 unspecified atom stereocenters. The van der Waals surface area contributed by atoms with E-state index in [1.807, 2.05) is 12.1 Å². The van der Waals surface area contributed by atoms with Crippen LogP contribution in [-0.4, -0.2) is 58.8 Å². The third kappa shape index (κ3) is 4.43. The number of hydrogen-bond donors (Lipinski definition) is 0. The van der Waals surface area contributed by atoms with Crippen molar-refractivity contribution in [3.63, 3.8) is 0 Å². The minimum absolute atomic E-state index is 0.572. The quantitative estimate of drug-likeness (QED) is 0.277. The van der Waals surface area contributed by atoms with Crippen LogP contribution in [0.5, 0.6) is 0 Å². The van der Waals surface area contributed by atoms with E-state index in [-0.39, 0.29) is 0 Å². The molecule has 0 fully saturated rings. The SMILES string of the molecule is Bc1c(B)c(B)c(-c2nc(-c3cccc4c3oc3cccc(-c5ccccc5)c34)nc(-n3c4ccccc4c4ccccc43)n2)c(B)c1B. The highest BCUT2D eigenvalue weighted by molar-refractivity contribution is 6.68. The monoisotopic (exact) mass is 624 g/mol. The van der Waals surface area contributed by atoms with Crippen molar-refractivity contribution in [1.29, 1.82) is 0 Å². The van der Waals surface area contributed by atoms with Crippen LogP contribution in [0, 0.1) is 0 Å². The normalized spacial score (nSPS) is 11.7. The summed E-state index contributed by atoms with van der Waals surface area (Å²) in [6.45, 7) is 0. The molecule has 226 valence electrons. The Morgan fingerprint density at radius 3 is 1.71 bits per heavy atom. The van der Waals surface area contributed by atoms with Gasteiger partial charge in [0, 0.05) is 27.1 Å². The van der Waals surface area contributed by atoms with Crippen molar-refractivity contribution >= 4 is 110 Å². The van der Waals surface area contributed by atoms with Gasteiger partial charge in [-0.25, -0.2) is 4.98 Å². The second-order valence-electron chi connectivity index (χ2n) is 13.0. The number of furan rings is 1. The molecule has 6 aromatic carbocycles. The minimum Gasteiger partial charge on any atom is -0.455 e. The molecule has 9 rings (SSSR count). The van der Waals surface area contributed by atoms with Gasteiger partial charge < -0.3 is 4.42 Å². The molecule has 0 atom stereocenters. The van der Waals surface area contributed by atoms with Gasteiger partial charge >= 0.3 is 0 Å². The molecule has 0 spiro atoms. The molecule has 0 radical (unpaired) electrons. The van der Waals surface area contributed by atoms with Gasteiger partial charge in [0.2, 0.25) is 5.95 Å². The third-order valence-electron chi connectivity index (χ3n) is 10.5. The first-order chi connectivity index (χ1) is 23.9. The van der Waals surface area contributed by atoms with E-state index in [0.717, 1.165) is 66.0 Å². The average molecular weight is 624 g/mol. The largest absolute Gasteiger partial charge is 0.455 e. The molecule has 10 heteroatoms. The Morgan fingerprint density at radius 1 is 0.469 bits per heavy atom. The highest BCUT2D eigenvalue weighted by Gasteiger charge is 2.23. The predicted octanol–water partition coefficient (Wildman–Crippen LogP) is 1.16. The van der Waals surface area contributed by atoms with Crippen LogP contribution >= 0.6 is 0 Å². The Balaban J connectivity index is 1.38. The van der Waals surface area contributed by atoms with Gasteiger partial charge in [0.05, 0.1) is 16.6 Å². The van der Waals surface area contributed by atoms with Crippen molar-refractivity contribution in [2.24, 2.45) is 0 Å². The first-order valence-electron chi connectivity index (χ1n) is 16.7. The third-order valence-corrected chi connectivity index (χ3v) is 10.5. The van der Waals surface area contributed by atoms with Gasteiger partial charge in [-0.1, -0.05) is 102 Å². The maximum Gasteiger partial charge on any atom is 0.238 e. The van der Waals surface area contributed by atoms with Crippen LogP contribution in [-0.2, 0) is 0 Å². The van der Waals surface area contributed by atoms with Crippen LogP contribution in [0.25, 0.3) is 83.6 Å². The van der Waals surface area contributed by atoms with E-state index in [2.05, 4.69) is 147 Å². The van der Waals surface area contributed by atoms with E-state index in [0.29, 0.717) is 17.6 Å². The second kappa shape index (κ2) is 11.2. The molecule has 0 aliphatic rings. The highest BCUT2D eigenvalue weighted by atomic mass is 16.3. The van der Waals surface area contributed by atoms with E-state index in [9.17, 15) is 0 Å². The summed E-state index contributed by atoms with van der Waals surface area (Å²) in [6, 6.07) is 39.9. The zero-order valence-corrected chi connectivity index (χ0v) is 28.2. The summed E-state index contributed by atoms with van der Waals surface area (Å²) in [5.74, 6) is 1.80. The Bertz CT molecular complexity index is 2710. The van der Waals surface area contributed by atoms with Gasteiger partial charge in [0.15, 0.2) is 11.6 Å². The fraction of sp³-hybridized carbons (Fsp3) is 0. The molecule has 5 nitrogen and oxygen atoms in total. The van der Waals surface area contributed by atoms with E-state index in [4.69, 9.17) is 19.4 Å². The van der Waals surface area contributed by atoms with Gasteiger partial charge in [-0.2, -0.15) is 9.97 Å². The summed E-state index contributed by atoms with van der Waals surface area (Å²) in [5.41, 5.74) is 14.0. The second-order valence-corrected chi connectivity index (χ2v) is 13.0. The lowest BCUT2D eigenvalue weighted by Crippen LogP contribution is -2.55. The van der Waals surface area contributed by atoms with Crippen LogP contribution in [0.2, 0.25) is 0 Å². The van der Waals surface area contributed by atoms with Gasteiger partial charge in [0.1, 0.15) is 50.4 Å². The Labute approximate surface area is 288 Å². The summed E-state index contributed by atoms with van der Waals surface area (Å²) in [4.78, 5) is 15.9. The molecule has 0 bridgehead atoms. The minimum atomic E-state index is 0.572. The molecule has 9 aromatic rings. The molecule has 0 aliphatic heterocycles. The van der Waals surface area contributed by atoms with E-state index in [1.165, 1.54) is 27.3 Å². The molecule has 0 saturated carbocycles. The summed E-state index contributed by atoms with van der Waals surface area (Å²) < 4.78 is 8.88. The van der Waals surface area contributed by atoms with Crippen molar-refractivity contribution in [1.82, 2.24) is 19.5 Å². The molecule has 0 aliphatic carbocycles. The Hall–Kier alpha value is -5.75. The van der Waals surface area contributed by atoms with Crippen molar-refractivity contribution in [3.8, 4) is 39.9 Å². The van der Waals surface area contributed by atoms with Gasteiger partial charge in [-0.05, 0) is 35.4 Å². The lowest BCUT2D eigenvalue weighted by Gasteiger charge is -2.20. The number of rotatable bonds is 4. The van der Waals surface area contributed by atoms with Crippen molar-refractivity contribution in [3.05, 3.63) is 115 Å². The fourth-order valence-electron chi connectivity index (χ4n) is 7.55. The molecule has 3 heterocycles. The number of para-hydroxylation sites is 3. The number of hydrogen-bond acceptors (Lipinski definition) is 4. The van der Waals surface area contributed by atoms with E-state index >= 15 is 0 Å². The van der Waals surface area contributed by atoms with Crippen molar-refractivity contribution in [2.45, 2.75) is 0 Å². The van der Waals surface area contributed by atoms with Gasteiger partial charge in [-0.3, -0.25) is 4.57 Å². The van der Waals surface area contributed by atoms with Gasteiger partial charge in [0.25, 0.3) is 0 Å². The zero-order valence-electron chi connectivity index (χ0n) is 28.2. The van der Waals surface area contributed by atoms with Crippen LogP contribution < -0.4 is 27.3 Å². The Morgan fingerprint density at radius 2 is 1.02 bits per heavy atom. The molecular weight excluding hydrogens is 595 g/mol. The number of fused-ring (bicyclic) bond motifs is 6. The van der Waals surface area contributed by atoms with Crippen LogP contribution in [0.4, 0.5) is 0 Å². The molecular formula is C39H29B5N4O. The predicted molar refractivity (Wildman–Crippen MR) is 219 cm³/mol. The molecule has 3 aromatic heterocycles. The molecule has 0 N–H and O–H groups in total. The summed E-state index contributed by atoms with van der Waals surface area (Å²) in [7, 11) is 10.9. The number of benzene rings is 6. The lowest BCUT2D eigenvalue weighted by atomic mass is 9.60. The smallest absolute Gasteiger partial charge is 0.238 e. The maximum absolute atomic E-state index is 6.71. The highest BCUT2D eigenvalue weighted by Crippen LogP contribution is 2.40. The molecule has 49 heavy (non-hydrogen) atoms. The molecule has 0 amide bonds. The summed E-state index contributed by atoms with van der Waals surface area (Å²) in [5, 5.41) is 4.42. The Kier molecular flexibility index (Phi) is 6.70. The van der Waals surface area contributed by atoms with Gasteiger partial charge in [-0.15, -0.1) is 16.4 Å². The zero-order chi connectivity index (χ0) is 33.4. The number of nitrogens with zero attached hydrogens (tertiary/aromatic N) is 4.